The van der Waals surface area contributed by atoms with E-state index in [1.807, 2.05) is 25.1 Å². The van der Waals surface area contributed by atoms with Crippen LogP contribution < -0.4 is 10.1 Å². The fourth-order valence-corrected chi connectivity index (χ4v) is 2.71. The minimum Gasteiger partial charge on any atom is -0.324 e. The number of benzene rings is 2. The van der Waals surface area contributed by atoms with E-state index in [2.05, 4.69) is 15.2 Å². The van der Waals surface area contributed by atoms with Crippen molar-refractivity contribution in [3.8, 4) is 0 Å². The predicted octanol–water partition coefficient (Wildman–Crippen LogP) is 5.07. The molecule has 2 aromatic carbocycles. The highest BCUT2D eigenvalue weighted by atomic mass is 35.5. The zero-order chi connectivity index (χ0) is 16.7. The van der Waals surface area contributed by atoms with Crippen LogP contribution in [0.25, 0.3) is 0 Å². The normalized spacial score (nSPS) is 10.7. The smallest absolute Gasteiger partial charge is 0.317 e. The number of nitrogens with one attached hydrogen (secondary N) is 2. The van der Waals surface area contributed by atoms with E-state index < -0.39 is 0 Å². The van der Waals surface area contributed by atoms with E-state index in [4.69, 9.17) is 16.8 Å². The average molecular weight is 352 g/mol. The summed E-state index contributed by atoms with van der Waals surface area (Å²) < 4.78 is 3.12. The fourth-order valence-electron chi connectivity index (χ4n) is 1.67. The van der Waals surface area contributed by atoms with Gasteiger partial charge in [0.1, 0.15) is 0 Å². The molecule has 2 aromatic rings. The first-order valence-electron chi connectivity index (χ1n) is 6.87. The van der Waals surface area contributed by atoms with Crippen LogP contribution in [0.5, 0.6) is 0 Å². The second-order valence-electron chi connectivity index (χ2n) is 4.47. The van der Waals surface area contributed by atoms with E-state index in [1.165, 1.54) is 18.0 Å². The van der Waals surface area contributed by atoms with Crippen molar-refractivity contribution in [3.63, 3.8) is 0 Å². The van der Waals surface area contributed by atoms with Crippen molar-refractivity contribution in [1.82, 2.24) is 0 Å². The average Bonchev–Trinajstić information content (AvgIpc) is 2.55. The van der Waals surface area contributed by atoms with Crippen molar-refractivity contribution in [2.75, 3.05) is 10.1 Å². The van der Waals surface area contributed by atoms with Gasteiger partial charge in [-0.3, -0.25) is 5.43 Å². The molecule has 0 spiro atoms. The van der Waals surface area contributed by atoms with E-state index in [0.29, 0.717) is 15.6 Å². The first-order chi connectivity index (χ1) is 11.1. The highest BCUT2D eigenvalue weighted by molar-refractivity contribution is 8.00. The van der Waals surface area contributed by atoms with Gasteiger partial charge >= 0.3 is 5.69 Å². The van der Waals surface area contributed by atoms with E-state index in [9.17, 15) is 4.91 Å². The van der Waals surface area contributed by atoms with Crippen molar-refractivity contribution >= 4 is 46.8 Å². The summed E-state index contributed by atoms with van der Waals surface area (Å²) in [5, 5.41) is 13.7. The molecule has 120 valence electrons. The van der Waals surface area contributed by atoms with Gasteiger partial charge in [0.15, 0.2) is 0 Å². The van der Waals surface area contributed by atoms with Crippen LogP contribution in [0, 0.1) is 4.91 Å². The van der Waals surface area contributed by atoms with Gasteiger partial charge in [-0.05, 0) is 36.6 Å². The first kappa shape index (κ1) is 17.1. The summed E-state index contributed by atoms with van der Waals surface area (Å²) in [6.07, 6.45) is 2.53. The van der Waals surface area contributed by atoms with Gasteiger partial charge in [0.2, 0.25) is 0 Å². The quantitative estimate of drug-likeness (QED) is 0.369. The molecule has 2 rings (SSSR count). The number of hydrazone groups is 1. The largest absolute Gasteiger partial charge is 0.324 e. The molecule has 0 saturated heterocycles. The van der Waals surface area contributed by atoms with Crippen LogP contribution in [-0.4, -0.2) is 16.3 Å². The minimum absolute atomic E-state index is 0.124. The lowest BCUT2D eigenvalue weighted by atomic mass is 10.3. The molecule has 0 atom stereocenters. The molecule has 3 N–H and O–H groups in total. The molecule has 0 aromatic heterocycles. The molecule has 6 nitrogen and oxygen atoms in total. The third-order valence-corrected chi connectivity index (χ3v) is 4.00. The molecule has 0 bridgehead atoms. The summed E-state index contributed by atoms with van der Waals surface area (Å²) in [6, 6.07) is 12.0. The Morgan fingerprint density at radius 3 is 2.78 bits per heavy atom. The molecule has 0 aliphatic rings. The number of nitrogens with zero attached hydrogens (tertiary/aromatic N) is 2. The van der Waals surface area contributed by atoms with Gasteiger partial charge in [-0.25, -0.2) is 5.21 Å². The van der Waals surface area contributed by atoms with E-state index in [0.717, 1.165) is 12.1 Å². The molecule has 0 aliphatic heterocycles. The molecule has 8 heteroatoms. The van der Waals surface area contributed by atoms with E-state index in [1.54, 1.807) is 24.4 Å². The molecule has 0 amide bonds. The third kappa shape index (κ3) is 4.87. The molecule has 0 fully saturated rings. The van der Waals surface area contributed by atoms with E-state index in [-0.39, 0.29) is 10.6 Å². The maximum atomic E-state index is 11.1. The maximum Gasteiger partial charge on any atom is 0.317 e. The Labute approximate surface area is 143 Å². The number of rotatable bonds is 7. The highest BCUT2D eigenvalue weighted by Gasteiger charge is 2.15. The highest BCUT2D eigenvalue weighted by Crippen LogP contribution is 2.33. The lowest BCUT2D eigenvalue weighted by Gasteiger charge is -2.10. The Morgan fingerprint density at radius 1 is 1.30 bits per heavy atom. The molecule has 0 radical (unpaired) electrons. The Balaban J connectivity index is 2.22. The summed E-state index contributed by atoms with van der Waals surface area (Å²) in [5.41, 5.74) is 4.47. The lowest BCUT2D eigenvalue weighted by molar-refractivity contribution is -0.729. The van der Waals surface area contributed by atoms with Gasteiger partial charge in [0.25, 0.3) is 4.92 Å². The summed E-state index contributed by atoms with van der Waals surface area (Å²) in [5.74, 6) is 0. The van der Waals surface area contributed by atoms with Gasteiger partial charge in [-0.15, -0.1) is 0 Å². The molecule has 0 heterocycles. The zero-order valence-electron chi connectivity index (χ0n) is 12.4. The van der Waals surface area contributed by atoms with Gasteiger partial charge in [-0.2, -0.15) is 5.10 Å². The van der Waals surface area contributed by atoms with Crippen molar-refractivity contribution in [2.45, 2.75) is 18.2 Å². The number of para-hydroxylation sites is 1. The molecular weight excluding hydrogens is 336 g/mol. The van der Waals surface area contributed by atoms with Crippen LogP contribution in [0.4, 0.5) is 17.1 Å². The SMILES string of the molecule is CC/C=N/Nc1ccc([N+](=O)O)cc1SNc1ccccc1Cl. The predicted molar refractivity (Wildman–Crippen MR) is 94.9 cm³/mol. The zero-order valence-corrected chi connectivity index (χ0v) is 13.9. The molecular formula is C15H16ClN4O2S+. The van der Waals surface area contributed by atoms with Gasteiger partial charge < -0.3 is 4.72 Å². The fraction of sp³-hybridized carbons (Fsp3) is 0.133. The summed E-state index contributed by atoms with van der Waals surface area (Å²) >= 11 is 7.36. The standard InChI is InChI=1S/C15H16ClN4O2S/c1-2-9-17-18-14-8-7-11(20(21)22)10-15(14)23-19-13-6-4-3-5-12(13)16/h3-10,18-19H,2H2,1H3,(H,21,22)/q+1/b17-9+. The van der Waals surface area contributed by atoms with Crippen LogP contribution >= 0.6 is 23.5 Å². The number of halogens is 1. The summed E-state index contributed by atoms with van der Waals surface area (Å²) in [6.45, 7) is 1.98. The van der Waals surface area contributed by atoms with Crippen molar-refractivity contribution in [1.29, 1.82) is 0 Å². The lowest BCUT2D eigenvalue weighted by Crippen LogP contribution is -1.97. The Bertz CT molecular complexity index is 724. The van der Waals surface area contributed by atoms with Crippen molar-refractivity contribution < 1.29 is 10.1 Å². The minimum atomic E-state index is -0.182. The number of hydrogen-bond acceptors (Lipinski definition) is 5. The van der Waals surface area contributed by atoms with Gasteiger partial charge in [0.05, 0.1) is 26.2 Å². The van der Waals surface area contributed by atoms with Crippen LogP contribution in [0.3, 0.4) is 0 Å². The van der Waals surface area contributed by atoms with Gasteiger partial charge in [0, 0.05) is 18.3 Å². The van der Waals surface area contributed by atoms with Crippen molar-refractivity contribution in [2.24, 2.45) is 5.10 Å². The third-order valence-electron chi connectivity index (χ3n) is 2.79. The number of anilines is 2. The van der Waals surface area contributed by atoms with Crippen LogP contribution in [0.2, 0.25) is 5.02 Å². The monoisotopic (exact) mass is 351 g/mol. The van der Waals surface area contributed by atoms with E-state index >= 15 is 0 Å². The Hall–Kier alpha value is -2.25. The second-order valence-corrected chi connectivity index (χ2v) is 5.72. The van der Waals surface area contributed by atoms with Crippen LogP contribution in [0.1, 0.15) is 13.3 Å². The van der Waals surface area contributed by atoms with Gasteiger partial charge in [-0.1, -0.05) is 30.7 Å². The first-order valence-corrected chi connectivity index (χ1v) is 8.06. The Kier molecular flexibility index (Phi) is 6.25. The topological polar surface area (TPSA) is 76.7 Å². The van der Waals surface area contributed by atoms with Crippen LogP contribution in [0.15, 0.2) is 52.5 Å². The molecule has 0 unspecified atom stereocenters. The number of hydrogen-bond donors (Lipinski definition) is 3. The summed E-state index contributed by atoms with van der Waals surface area (Å²) in [4.78, 5) is 11.6. The summed E-state index contributed by atoms with van der Waals surface area (Å²) in [7, 11) is 0. The molecule has 0 aliphatic carbocycles. The second kappa shape index (κ2) is 8.40. The Morgan fingerprint density at radius 2 is 2.09 bits per heavy atom. The molecule has 23 heavy (non-hydrogen) atoms. The maximum absolute atomic E-state index is 11.1. The van der Waals surface area contributed by atoms with Crippen LogP contribution in [-0.2, 0) is 0 Å². The van der Waals surface area contributed by atoms with Crippen molar-refractivity contribution in [3.05, 3.63) is 52.4 Å². The molecule has 0 saturated carbocycles.